The van der Waals surface area contributed by atoms with Gasteiger partial charge in [-0.3, -0.25) is 0 Å². The standard InChI is InChI=1S/C17H36O2/c1-4-6-8-10-12-14-18-16-17(3)19-15-13-11-9-7-5-2/h17H,4-16H2,1-3H3. The van der Waals surface area contributed by atoms with Gasteiger partial charge in [0.25, 0.3) is 0 Å². The fourth-order valence-electron chi connectivity index (χ4n) is 2.10. The normalized spacial score (nSPS) is 12.8. The molecule has 0 heterocycles. The fraction of sp³-hybridized carbons (Fsp3) is 1.00. The van der Waals surface area contributed by atoms with Crippen LogP contribution < -0.4 is 0 Å². The van der Waals surface area contributed by atoms with Crippen LogP contribution in [0.25, 0.3) is 0 Å². The molecule has 1 unspecified atom stereocenters. The van der Waals surface area contributed by atoms with Crippen molar-refractivity contribution in [2.24, 2.45) is 0 Å². The van der Waals surface area contributed by atoms with Crippen molar-refractivity contribution in [1.82, 2.24) is 0 Å². The van der Waals surface area contributed by atoms with Crippen molar-refractivity contribution in [3.8, 4) is 0 Å². The second-order valence-corrected chi connectivity index (χ2v) is 5.58. The Hall–Kier alpha value is -0.0800. The molecule has 0 rings (SSSR count). The van der Waals surface area contributed by atoms with E-state index in [1.165, 1.54) is 64.2 Å². The van der Waals surface area contributed by atoms with Crippen molar-refractivity contribution in [3.63, 3.8) is 0 Å². The van der Waals surface area contributed by atoms with Gasteiger partial charge in [0.2, 0.25) is 0 Å². The molecule has 2 nitrogen and oxygen atoms in total. The lowest BCUT2D eigenvalue weighted by atomic mass is 10.2. The molecule has 0 spiro atoms. The average Bonchev–Trinajstić information content (AvgIpc) is 2.41. The molecule has 0 amide bonds. The molecule has 0 aromatic rings. The van der Waals surface area contributed by atoms with E-state index in [2.05, 4.69) is 20.8 Å². The second-order valence-electron chi connectivity index (χ2n) is 5.58. The van der Waals surface area contributed by atoms with Gasteiger partial charge in [-0.2, -0.15) is 0 Å². The molecule has 0 aromatic carbocycles. The Morgan fingerprint density at radius 3 is 1.79 bits per heavy atom. The van der Waals surface area contributed by atoms with E-state index in [9.17, 15) is 0 Å². The largest absolute Gasteiger partial charge is 0.379 e. The smallest absolute Gasteiger partial charge is 0.0780 e. The van der Waals surface area contributed by atoms with Gasteiger partial charge >= 0.3 is 0 Å². The Kier molecular flexibility index (Phi) is 15.9. The lowest BCUT2D eigenvalue weighted by molar-refractivity contribution is -0.00868. The molecule has 116 valence electrons. The minimum Gasteiger partial charge on any atom is -0.379 e. The van der Waals surface area contributed by atoms with Crippen LogP contribution in [0.5, 0.6) is 0 Å². The Balaban J connectivity index is 3.10. The molecule has 0 bridgehead atoms. The predicted molar refractivity (Wildman–Crippen MR) is 83.8 cm³/mol. The van der Waals surface area contributed by atoms with E-state index in [0.29, 0.717) is 0 Å². The summed E-state index contributed by atoms with van der Waals surface area (Å²) in [4.78, 5) is 0. The monoisotopic (exact) mass is 272 g/mol. The van der Waals surface area contributed by atoms with Crippen molar-refractivity contribution in [2.45, 2.75) is 91.1 Å². The third-order valence-electron chi connectivity index (χ3n) is 3.40. The van der Waals surface area contributed by atoms with Gasteiger partial charge in [-0.15, -0.1) is 0 Å². The minimum absolute atomic E-state index is 0.252. The van der Waals surface area contributed by atoms with Crippen molar-refractivity contribution in [1.29, 1.82) is 0 Å². The summed E-state index contributed by atoms with van der Waals surface area (Å²) in [6.45, 7) is 9.15. The number of hydrogen-bond acceptors (Lipinski definition) is 2. The van der Waals surface area contributed by atoms with Gasteiger partial charge in [0.1, 0.15) is 0 Å². The van der Waals surface area contributed by atoms with E-state index >= 15 is 0 Å². The molecule has 0 aliphatic heterocycles. The highest BCUT2D eigenvalue weighted by Crippen LogP contribution is 2.05. The summed E-state index contributed by atoms with van der Waals surface area (Å²) >= 11 is 0. The number of unbranched alkanes of at least 4 members (excludes halogenated alkanes) is 8. The van der Waals surface area contributed by atoms with Gasteiger partial charge in [-0.25, -0.2) is 0 Å². The maximum atomic E-state index is 5.74. The lowest BCUT2D eigenvalue weighted by Crippen LogP contribution is -2.17. The van der Waals surface area contributed by atoms with Crippen molar-refractivity contribution in [3.05, 3.63) is 0 Å². The SMILES string of the molecule is CCCCCCCOCC(C)OCCCCCCC. The van der Waals surface area contributed by atoms with Crippen molar-refractivity contribution >= 4 is 0 Å². The first-order valence-electron chi connectivity index (χ1n) is 8.50. The topological polar surface area (TPSA) is 18.5 Å². The summed E-state index contributed by atoms with van der Waals surface area (Å²) in [6, 6.07) is 0. The van der Waals surface area contributed by atoms with Crippen LogP contribution in [0.2, 0.25) is 0 Å². The van der Waals surface area contributed by atoms with Gasteiger partial charge in [0.05, 0.1) is 12.7 Å². The average molecular weight is 272 g/mol. The highest BCUT2D eigenvalue weighted by Gasteiger charge is 2.01. The van der Waals surface area contributed by atoms with E-state index in [1.54, 1.807) is 0 Å². The molecule has 0 radical (unpaired) electrons. The van der Waals surface area contributed by atoms with Crippen molar-refractivity contribution in [2.75, 3.05) is 19.8 Å². The molecule has 0 saturated heterocycles. The van der Waals surface area contributed by atoms with E-state index in [1.807, 2.05) is 0 Å². The Bertz CT molecular complexity index is 159. The first-order valence-corrected chi connectivity index (χ1v) is 8.50. The van der Waals surface area contributed by atoms with E-state index < -0.39 is 0 Å². The van der Waals surface area contributed by atoms with Gasteiger partial charge in [-0.1, -0.05) is 65.2 Å². The highest BCUT2D eigenvalue weighted by molar-refractivity contribution is 4.49. The van der Waals surface area contributed by atoms with Crippen LogP contribution in [-0.4, -0.2) is 25.9 Å². The zero-order valence-electron chi connectivity index (χ0n) is 13.6. The molecule has 0 saturated carbocycles. The van der Waals surface area contributed by atoms with E-state index in [-0.39, 0.29) is 6.10 Å². The predicted octanol–water partition coefficient (Wildman–Crippen LogP) is 5.35. The van der Waals surface area contributed by atoms with Gasteiger partial charge in [-0.05, 0) is 19.8 Å². The van der Waals surface area contributed by atoms with Gasteiger partial charge in [0, 0.05) is 13.2 Å². The number of hydrogen-bond donors (Lipinski definition) is 0. The second kappa shape index (κ2) is 16.0. The first-order chi connectivity index (χ1) is 9.31. The Morgan fingerprint density at radius 1 is 0.684 bits per heavy atom. The Labute approximate surface area is 121 Å². The quantitative estimate of drug-likeness (QED) is 0.374. The molecule has 1 atom stereocenters. The molecule has 19 heavy (non-hydrogen) atoms. The summed E-state index contributed by atoms with van der Waals surface area (Å²) < 4.78 is 11.4. The maximum Gasteiger partial charge on any atom is 0.0780 e. The van der Waals surface area contributed by atoms with Gasteiger partial charge in [0.15, 0.2) is 0 Å². The fourth-order valence-corrected chi connectivity index (χ4v) is 2.10. The van der Waals surface area contributed by atoms with Crippen LogP contribution in [0.1, 0.15) is 85.0 Å². The summed E-state index contributed by atoms with van der Waals surface area (Å²) in [6.07, 6.45) is 13.3. The van der Waals surface area contributed by atoms with Crippen LogP contribution in [0.15, 0.2) is 0 Å². The van der Waals surface area contributed by atoms with E-state index in [4.69, 9.17) is 9.47 Å². The van der Waals surface area contributed by atoms with E-state index in [0.717, 1.165) is 19.8 Å². The molecule has 0 fully saturated rings. The molecule has 0 aromatic heterocycles. The zero-order chi connectivity index (χ0) is 14.2. The zero-order valence-corrected chi connectivity index (χ0v) is 13.6. The van der Waals surface area contributed by atoms with Crippen molar-refractivity contribution < 1.29 is 9.47 Å². The summed E-state index contributed by atoms with van der Waals surface area (Å²) in [7, 11) is 0. The molecule has 0 aliphatic carbocycles. The van der Waals surface area contributed by atoms with Gasteiger partial charge < -0.3 is 9.47 Å². The Morgan fingerprint density at radius 2 is 1.21 bits per heavy atom. The van der Waals surface area contributed by atoms with Crippen LogP contribution in [0, 0.1) is 0 Å². The molecule has 2 heteroatoms. The highest BCUT2D eigenvalue weighted by atomic mass is 16.5. The maximum absolute atomic E-state index is 5.74. The van der Waals surface area contributed by atoms with Crippen LogP contribution in [0.3, 0.4) is 0 Å². The third kappa shape index (κ3) is 15.9. The summed E-state index contributed by atoms with van der Waals surface area (Å²) in [5.41, 5.74) is 0. The minimum atomic E-state index is 0.252. The molecule has 0 aliphatic rings. The molecule has 0 N–H and O–H groups in total. The first kappa shape index (κ1) is 18.9. The summed E-state index contributed by atoms with van der Waals surface area (Å²) in [5.74, 6) is 0. The van der Waals surface area contributed by atoms with Crippen LogP contribution >= 0.6 is 0 Å². The summed E-state index contributed by atoms with van der Waals surface area (Å²) in [5, 5.41) is 0. The third-order valence-corrected chi connectivity index (χ3v) is 3.40. The number of ether oxygens (including phenoxy) is 2. The van der Waals surface area contributed by atoms with Crippen LogP contribution in [-0.2, 0) is 9.47 Å². The lowest BCUT2D eigenvalue weighted by Gasteiger charge is -2.13. The molecular formula is C17H36O2. The molecular weight excluding hydrogens is 236 g/mol. The number of rotatable bonds is 15. The van der Waals surface area contributed by atoms with Crippen LogP contribution in [0.4, 0.5) is 0 Å².